The van der Waals surface area contributed by atoms with Crippen molar-refractivity contribution in [2.75, 3.05) is 6.54 Å². The Morgan fingerprint density at radius 3 is 2.86 bits per heavy atom. The summed E-state index contributed by atoms with van der Waals surface area (Å²) in [6.45, 7) is 1.94. The van der Waals surface area contributed by atoms with Crippen molar-refractivity contribution in [3.8, 4) is 0 Å². The van der Waals surface area contributed by atoms with Gasteiger partial charge in [-0.15, -0.1) is 0 Å². The van der Waals surface area contributed by atoms with Crippen molar-refractivity contribution in [2.45, 2.75) is 18.8 Å². The van der Waals surface area contributed by atoms with Crippen LogP contribution in [0.3, 0.4) is 0 Å². The zero-order chi connectivity index (χ0) is 5.11. The van der Waals surface area contributed by atoms with Gasteiger partial charge in [-0.3, -0.25) is 0 Å². The molecular weight excluding hydrogens is 108 g/mol. The van der Waals surface area contributed by atoms with E-state index in [9.17, 15) is 0 Å². The highest BCUT2D eigenvalue weighted by atomic mass is 35.5. The summed E-state index contributed by atoms with van der Waals surface area (Å²) in [4.78, 5) is 0. The van der Waals surface area contributed by atoms with Crippen molar-refractivity contribution in [3.63, 3.8) is 0 Å². The third-order valence-electron chi connectivity index (χ3n) is 1.35. The van der Waals surface area contributed by atoms with Crippen LogP contribution in [0.5, 0.6) is 0 Å². The highest BCUT2D eigenvalue weighted by Crippen LogP contribution is 2.03. The Labute approximate surface area is 49.6 Å². The van der Waals surface area contributed by atoms with E-state index in [2.05, 4.69) is 5.32 Å². The van der Waals surface area contributed by atoms with Crippen LogP contribution in [0.1, 0.15) is 12.8 Å². The van der Waals surface area contributed by atoms with Gasteiger partial charge in [-0.2, -0.15) is 11.5 Å². The lowest BCUT2D eigenvalue weighted by Gasteiger charge is -1.98. The van der Waals surface area contributed by atoms with Crippen LogP contribution >= 0.6 is 11.5 Å². The van der Waals surface area contributed by atoms with E-state index in [1.807, 2.05) is 0 Å². The first-order valence-corrected chi connectivity index (χ1v) is 3.26. The lowest BCUT2D eigenvalue weighted by molar-refractivity contribution is 0.792. The van der Waals surface area contributed by atoms with Crippen LogP contribution in [-0.4, -0.2) is 19.2 Å². The quantitative estimate of drug-likeness (QED) is 0.487. The molecule has 1 saturated heterocycles. The highest BCUT2D eigenvalue weighted by Gasteiger charge is 2.12. The molecule has 0 aliphatic carbocycles. The first-order chi connectivity index (χ1) is 3.43. The van der Waals surface area contributed by atoms with E-state index in [-0.39, 0.29) is 0 Å². The van der Waals surface area contributed by atoms with E-state index < -0.39 is 0 Å². The van der Waals surface area contributed by atoms with Gasteiger partial charge < -0.3 is 5.32 Å². The van der Waals surface area contributed by atoms with Crippen molar-refractivity contribution in [3.05, 3.63) is 0 Å². The fourth-order valence-electron chi connectivity index (χ4n) is 0.888. The van der Waals surface area contributed by atoms with E-state index in [0.29, 0.717) is 5.94 Å². The maximum Gasteiger partial charge on any atom is 0.250 e. The smallest absolute Gasteiger partial charge is 0.250 e. The maximum absolute atomic E-state index is 5.55. The molecule has 0 bridgehead atoms. The molecule has 1 aliphatic rings. The normalized spacial score (nSPS) is 30.7. The summed E-state index contributed by atoms with van der Waals surface area (Å²) in [6, 6.07) is 0. The number of halogens is 1. The molecule has 1 fully saturated rings. The predicted octanol–water partition coefficient (Wildman–Crippen LogP) is 0.286. The van der Waals surface area contributed by atoms with Gasteiger partial charge in [0.2, 0.25) is 6.69 Å². The summed E-state index contributed by atoms with van der Waals surface area (Å²) in [5.41, 5.74) is 0. The van der Waals surface area contributed by atoms with Crippen LogP contribution < -0.4 is 5.32 Å². The molecule has 0 aromatic carbocycles. The van der Waals surface area contributed by atoms with Crippen molar-refractivity contribution in [1.82, 2.24) is 5.32 Å². The van der Waals surface area contributed by atoms with Gasteiger partial charge in [0.05, 0.1) is 0 Å². The lowest BCUT2D eigenvalue weighted by Crippen LogP contribution is -2.24. The monoisotopic (exact) mass is 117 g/mol. The first kappa shape index (κ1) is 5.45. The third kappa shape index (κ3) is 1.36. The molecule has 1 unspecified atom stereocenters. The van der Waals surface area contributed by atoms with Crippen molar-refractivity contribution in [2.24, 2.45) is 0 Å². The molecule has 1 atom stereocenters. The lowest BCUT2D eigenvalue weighted by atomic mass is 9.94. The summed E-state index contributed by atoms with van der Waals surface area (Å²) in [5, 5.41) is 3.27. The van der Waals surface area contributed by atoms with Gasteiger partial charge in [0.25, 0.3) is 0 Å². The minimum absolute atomic E-state index is 0.613. The molecule has 0 amide bonds. The van der Waals surface area contributed by atoms with Crippen molar-refractivity contribution < 1.29 is 0 Å². The Hall–Kier alpha value is 0.315. The van der Waals surface area contributed by atoms with E-state index >= 15 is 0 Å². The second-order valence-corrected chi connectivity index (χ2v) is 2.26. The van der Waals surface area contributed by atoms with Gasteiger partial charge in [-0.1, -0.05) is 0 Å². The van der Waals surface area contributed by atoms with Gasteiger partial charge in [-0.05, 0) is 25.3 Å². The summed E-state index contributed by atoms with van der Waals surface area (Å²) >= 11 is 5.55. The number of rotatable bonds is 1. The minimum Gasteiger partial charge on any atom is -0.320 e. The largest absolute Gasteiger partial charge is 0.320 e. The van der Waals surface area contributed by atoms with Gasteiger partial charge in [-0.25, -0.2) is 0 Å². The summed E-state index contributed by atoms with van der Waals surface area (Å²) in [6.07, 6.45) is 2.57. The molecule has 0 aromatic rings. The predicted molar refractivity (Wildman–Crippen MR) is 34.0 cm³/mol. The van der Waals surface area contributed by atoms with E-state index in [4.69, 9.17) is 11.5 Å². The van der Waals surface area contributed by atoms with Crippen LogP contribution in [0.15, 0.2) is 0 Å². The zero-order valence-electron chi connectivity index (χ0n) is 4.28. The number of hydrogen-bond acceptors (Lipinski definition) is 1. The molecule has 1 heterocycles. The molecule has 0 aromatic heterocycles. The van der Waals surface area contributed by atoms with E-state index in [1.165, 1.54) is 12.8 Å². The SMILES string of the molecule is ClBC1CCCN1. The van der Waals surface area contributed by atoms with Gasteiger partial charge >= 0.3 is 0 Å². The van der Waals surface area contributed by atoms with Gasteiger partial charge in [0, 0.05) is 0 Å². The second-order valence-electron chi connectivity index (χ2n) is 1.95. The Kier molecular flexibility index (Phi) is 2.01. The fraction of sp³-hybridized carbons (Fsp3) is 1.00. The fourth-order valence-corrected chi connectivity index (χ4v) is 1.15. The number of nitrogens with one attached hydrogen (secondary N) is 1. The average Bonchev–Trinajstić information content (AvgIpc) is 2.14. The van der Waals surface area contributed by atoms with Crippen LogP contribution in [0.2, 0.25) is 0 Å². The summed E-state index contributed by atoms with van der Waals surface area (Å²) < 4.78 is 0. The molecule has 40 valence electrons. The summed E-state index contributed by atoms with van der Waals surface area (Å²) in [7, 11) is 0. The zero-order valence-corrected chi connectivity index (χ0v) is 5.04. The molecule has 0 radical (unpaired) electrons. The highest BCUT2D eigenvalue weighted by molar-refractivity contribution is 6.94. The van der Waals surface area contributed by atoms with Crippen LogP contribution in [0.4, 0.5) is 0 Å². The molecular formula is C4H9BClN. The van der Waals surface area contributed by atoms with Crippen LogP contribution in [0, 0.1) is 0 Å². The minimum atomic E-state index is 0.613. The first-order valence-electron chi connectivity index (χ1n) is 2.73. The maximum atomic E-state index is 5.55. The molecule has 1 N–H and O–H groups in total. The standard InChI is InChI=1S/C4H9BClN/c6-5-4-2-1-3-7-4/h4-5,7H,1-3H2. The average molecular weight is 117 g/mol. The Balaban J connectivity index is 2.14. The number of hydrogen-bond donors (Lipinski definition) is 1. The molecule has 1 nitrogen and oxygen atoms in total. The topological polar surface area (TPSA) is 12.0 Å². The Bertz CT molecular complexity index is 53.7. The third-order valence-corrected chi connectivity index (χ3v) is 1.72. The van der Waals surface area contributed by atoms with E-state index in [1.54, 1.807) is 0 Å². The second kappa shape index (κ2) is 2.58. The van der Waals surface area contributed by atoms with E-state index in [0.717, 1.165) is 13.2 Å². The van der Waals surface area contributed by atoms with Gasteiger partial charge in [0.1, 0.15) is 0 Å². The molecule has 7 heavy (non-hydrogen) atoms. The summed E-state index contributed by atoms with van der Waals surface area (Å²) in [5.74, 6) is 0.613. The van der Waals surface area contributed by atoms with Crippen molar-refractivity contribution >= 4 is 18.2 Å². The molecule has 1 aliphatic heterocycles. The molecule has 3 heteroatoms. The molecule has 0 saturated carbocycles. The Morgan fingerprint density at radius 1 is 1.71 bits per heavy atom. The molecule has 1 rings (SSSR count). The molecule has 0 spiro atoms. The Morgan fingerprint density at radius 2 is 2.57 bits per heavy atom. The van der Waals surface area contributed by atoms with Gasteiger partial charge in [0.15, 0.2) is 0 Å². The van der Waals surface area contributed by atoms with Crippen molar-refractivity contribution in [1.29, 1.82) is 0 Å². The van der Waals surface area contributed by atoms with Crippen LogP contribution in [-0.2, 0) is 0 Å². The van der Waals surface area contributed by atoms with Crippen LogP contribution in [0.25, 0.3) is 0 Å².